The van der Waals surface area contributed by atoms with Crippen LogP contribution in [0.15, 0.2) is 35.2 Å². The van der Waals surface area contributed by atoms with E-state index in [-0.39, 0.29) is 23.9 Å². The van der Waals surface area contributed by atoms with E-state index in [1.54, 1.807) is 30.3 Å². The molecule has 3 rings (SSSR count). The molecule has 1 N–H and O–H groups in total. The normalized spacial score (nSPS) is 13.2. The monoisotopic (exact) mass is 367 g/mol. The second-order valence-electron chi connectivity index (χ2n) is 4.65. The van der Waals surface area contributed by atoms with Crippen molar-refractivity contribution in [1.29, 1.82) is 0 Å². The van der Waals surface area contributed by atoms with Crippen molar-refractivity contribution in [2.24, 2.45) is 0 Å². The van der Waals surface area contributed by atoms with Gasteiger partial charge in [0.1, 0.15) is 0 Å². The van der Waals surface area contributed by atoms with Crippen molar-refractivity contribution in [2.75, 3.05) is 17.7 Å². The number of carbonyl (C=O) groups is 3. The summed E-state index contributed by atoms with van der Waals surface area (Å²) in [5.41, 5.74) is 0.862. The van der Waals surface area contributed by atoms with Gasteiger partial charge in [-0.05, 0) is 30.3 Å². The SMILES string of the molecule is O=C1CSc2ccc(C(=O)OCC(=O)c3ccc(Cl)s3)cc2N1. The molecule has 0 aliphatic carbocycles. The van der Waals surface area contributed by atoms with Gasteiger partial charge in [0.05, 0.1) is 26.2 Å². The van der Waals surface area contributed by atoms with Gasteiger partial charge in [-0.15, -0.1) is 23.1 Å². The summed E-state index contributed by atoms with van der Waals surface area (Å²) in [6, 6.07) is 8.11. The highest BCUT2D eigenvalue weighted by Gasteiger charge is 2.19. The topological polar surface area (TPSA) is 72.5 Å². The molecule has 2 aromatic rings. The maximum atomic E-state index is 12.0. The van der Waals surface area contributed by atoms with E-state index >= 15 is 0 Å². The van der Waals surface area contributed by atoms with E-state index in [4.69, 9.17) is 16.3 Å². The van der Waals surface area contributed by atoms with Crippen molar-refractivity contribution in [3.05, 3.63) is 45.1 Å². The summed E-state index contributed by atoms with van der Waals surface area (Å²) in [4.78, 5) is 36.6. The Labute approximate surface area is 145 Å². The lowest BCUT2D eigenvalue weighted by atomic mass is 10.2. The lowest BCUT2D eigenvalue weighted by molar-refractivity contribution is -0.113. The standard InChI is InChI=1S/C15H10ClNO4S2/c16-13-4-3-12(23-13)10(18)6-21-15(20)8-1-2-11-9(5-8)17-14(19)7-22-11/h1-5H,6-7H2,(H,17,19). The summed E-state index contributed by atoms with van der Waals surface area (Å²) in [5, 5.41) is 2.70. The first-order valence-electron chi connectivity index (χ1n) is 6.55. The molecule has 0 saturated heterocycles. The van der Waals surface area contributed by atoms with Crippen LogP contribution in [-0.2, 0) is 9.53 Å². The number of esters is 1. The van der Waals surface area contributed by atoms with E-state index in [9.17, 15) is 14.4 Å². The van der Waals surface area contributed by atoms with Crippen LogP contribution in [0.5, 0.6) is 0 Å². The molecule has 118 valence electrons. The third-order valence-electron chi connectivity index (χ3n) is 3.03. The zero-order valence-electron chi connectivity index (χ0n) is 11.6. The Bertz CT molecular complexity index is 803. The smallest absolute Gasteiger partial charge is 0.338 e. The lowest BCUT2D eigenvalue weighted by Gasteiger charge is -2.16. The number of ether oxygens (including phenoxy) is 1. The zero-order valence-corrected chi connectivity index (χ0v) is 14.0. The molecule has 0 fully saturated rings. The molecule has 1 aliphatic heterocycles. The van der Waals surface area contributed by atoms with E-state index in [2.05, 4.69) is 5.32 Å². The third kappa shape index (κ3) is 3.74. The van der Waals surface area contributed by atoms with Crippen LogP contribution in [0, 0.1) is 0 Å². The van der Waals surface area contributed by atoms with E-state index < -0.39 is 5.97 Å². The van der Waals surface area contributed by atoms with Crippen LogP contribution in [-0.4, -0.2) is 30.0 Å². The predicted octanol–water partition coefficient (Wildman–Crippen LogP) is 3.49. The van der Waals surface area contributed by atoms with Gasteiger partial charge in [-0.1, -0.05) is 11.6 Å². The van der Waals surface area contributed by atoms with Crippen molar-refractivity contribution in [1.82, 2.24) is 0 Å². The molecule has 23 heavy (non-hydrogen) atoms. The molecule has 1 aromatic heterocycles. The fraction of sp³-hybridized carbons (Fsp3) is 0.133. The highest BCUT2D eigenvalue weighted by molar-refractivity contribution is 8.00. The molecule has 0 radical (unpaired) electrons. The molecule has 1 aliphatic rings. The molecular weight excluding hydrogens is 358 g/mol. The average Bonchev–Trinajstić information content (AvgIpc) is 2.98. The van der Waals surface area contributed by atoms with Gasteiger partial charge >= 0.3 is 5.97 Å². The summed E-state index contributed by atoms with van der Waals surface area (Å²) in [5.74, 6) is -0.683. The number of Topliss-reactive ketones (excluding diaryl/α,β-unsaturated/α-hetero) is 1. The predicted molar refractivity (Wildman–Crippen MR) is 89.7 cm³/mol. The van der Waals surface area contributed by atoms with Crippen molar-refractivity contribution in [3.8, 4) is 0 Å². The number of nitrogens with one attached hydrogen (secondary N) is 1. The van der Waals surface area contributed by atoms with Crippen molar-refractivity contribution >= 4 is 58.0 Å². The maximum absolute atomic E-state index is 12.0. The van der Waals surface area contributed by atoms with Gasteiger partial charge in [-0.2, -0.15) is 0 Å². The number of benzene rings is 1. The van der Waals surface area contributed by atoms with Crippen LogP contribution in [0.3, 0.4) is 0 Å². The molecule has 0 saturated carbocycles. The lowest BCUT2D eigenvalue weighted by Crippen LogP contribution is -2.19. The number of thioether (sulfide) groups is 1. The number of amides is 1. The van der Waals surface area contributed by atoms with Gasteiger partial charge in [-0.25, -0.2) is 4.79 Å². The number of hydrogen-bond acceptors (Lipinski definition) is 6. The molecule has 1 amide bonds. The molecule has 0 bridgehead atoms. The Balaban J connectivity index is 1.65. The number of rotatable bonds is 4. The van der Waals surface area contributed by atoms with Crippen LogP contribution < -0.4 is 5.32 Å². The minimum Gasteiger partial charge on any atom is -0.454 e. The average molecular weight is 368 g/mol. The quantitative estimate of drug-likeness (QED) is 0.661. The summed E-state index contributed by atoms with van der Waals surface area (Å²) in [7, 11) is 0. The highest BCUT2D eigenvalue weighted by Crippen LogP contribution is 2.32. The van der Waals surface area contributed by atoms with Crippen LogP contribution in [0.1, 0.15) is 20.0 Å². The highest BCUT2D eigenvalue weighted by atomic mass is 35.5. The van der Waals surface area contributed by atoms with Gasteiger partial charge in [0, 0.05) is 4.90 Å². The van der Waals surface area contributed by atoms with Crippen molar-refractivity contribution in [2.45, 2.75) is 4.90 Å². The summed E-state index contributed by atoms with van der Waals surface area (Å²) < 4.78 is 5.53. The Kier molecular flexibility index (Phi) is 4.70. The summed E-state index contributed by atoms with van der Waals surface area (Å²) >= 11 is 8.31. The van der Waals surface area contributed by atoms with Crippen molar-refractivity contribution in [3.63, 3.8) is 0 Å². The minimum atomic E-state index is -0.617. The van der Waals surface area contributed by atoms with E-state index in [1.807, 2.05) is 0 Å². The van der Waals surface area contributed by atoms with Gasteiger partial charge in [-0.3, -0.25) is 9.59 Å². The first kappa shape index (κ1) is 16.0. The molecule has 0 atom stereocenters. The van der Waals surface area contributed by atoms with Gasteiger partial charge in [0.2, 0.25) is 11.7 Å². The molecule has 0 unspecified atom stereocenters. The molecular formula is C15H10ClNO4S2. The number of anilines is 1. The van der Waals surface area contributed by atoms with Gasteiger partial charge in [0.15, 0.2) is 6.61 Å². The van der Waals surface area contributed by atoms with Crippen molar-refractivity contribution < 1.29 is 19.1 Å². The van der Waals surface area contributed by atoms with E-state index in [0.717, 1.165) is 16.2 Å². The second kappa shape index (κ2) is 6.74. The number of carbonyl (C=O) groups excluding carboxylic acids is 3. The first-order valence-corrected chi connectivity index (χ1v) is 8.73. The Morgan fingerprint density at radius 1 is 1.26 bits per heavy atom. The Morgan fingerprint density at radius 3 is 2.83 bits per heavy atom. The van der Waals surface area contributed by atoms with Gasteiger partial charge < -0.3 is 10.1 Å². The molecule has 1 aromatic carbocycles. The van der Waals surface area contributed by atoms with Crippen LogP contribution in [0.2, 0.25) is 4.34 Å². The second-order valence-corrected chi connectivity index (χ2v) is 7.38. The van der Waals surface area contributed by atoms with Crippen LogP contribution in [0.25, 0.3) is 0 Å². The Hall–Kier alpha value is -1.83. The molecule has 8 heteroatoms. The van der Waals surface area contributed by atoms with E-state index in [0.29, 0.717) is 20.7 Å². The number of hydrogen-bond donors (Lipinski definition) is 1. The van der Waals surface area contributed by atoms with Gasteiger partial charge in [0.25, 0.3) is 0 Å². The first-order chi connectivity index (χ1) is 11.0. The number of ketones is 1. The number of fused-ring (bicyclic) bond motifs is 1. The molecule has 2 heterocycles. The number of thiophene rings is 1. The number of halogens is 1. The largest absolute Gasteiger partial charge is 0.454 e. The Morgan fingerprint density at radius 2 is 2.09 bits per heavy atom. The molecule has 0 spiro atoms. The summed E-state index contributed by atoms with van der Waals surface area (Å²) in [6.07, 6.45) is 0. The van der Waals surface area contributed by atoms with Crippen LogP contribution in [0.4, 0.5) is 5.69 Å². The maximum Gasteiger partial charge on any atom is 0.338 e. The zero-order chi connectivity index (χ0) is 16.4. The third-order valence-corrected chi connectivity index (χ3v) is 5.38. The fourth-order valence-corrected chi connectivity index (χ4v) is 3.72. The summed E-state index contributed by atoms with van der Waals surface area (Å²) in [6.45, 7) is -0.353. The van der Waals surface area contributed by atoms with E-state index in [1.165, 1.54) is 11.8 Å². The van der Waals surface area contributed by atoms with Crippen LogP contribution >= 0.6 is 34.7 Å². The molecule has 5 nitrogen and oxygen atoms in total. The fourth-order valence-electron chi connectivity index (χ4n) is 1.96. The minimum absolute atomic E-state index is 0.113.